The van der Waals surface area contributed by atoms with Gasteiger partial charge in [-0.2, -0.15) is 0 Å². The second-order valence-electron chi connectivity index (χ2n) is 4.67. The van der Waals surface area contributed by atoms with Crippen molar-refractivity contribution in [3.8, 4) is 5.69 Å². The summed E-state index contributed by atoms with van der Waals surface area (Å²) in [6.45, 7) is 0. The van der Waals surface area contributed by atoms with Crippen LogP contribution in [-0.4, -0.2) is 21.3 Å². The van der Waals surface area contributed by atoms with Crippen LogP contribution in [0.1, 0.15) is 20.7 Å². The third kappa shape index (κ3) is 2.19. The van der Waals surface area contributed by atoms with Crippen molar-refractivity contribution in [3.63, 3.8) is 0 Å². The van der Waals surface area contributed by atoms with Crippen LogP contribution in [0.25, 0.3) is 5.69 Å². The molecule has 0 saturated heterocycles. The number of hydrogen-bond acceptors (Lipinski definition) is 6. The van der Waals surface area contributed by atoms with E-state index in [-0.39, 0.29) is 28.3 Å². The largest absolute Gasteiger partial charge is 0.384 e. The van der Waals surface area contributed by atoms with Crippen molar-refractivity contribution in [2.45, 2.75) is 0 Å². The van der Waals surface area contributed by atoms with E-state index in [1.54, 1.807) is 0 Å². The van der Waals surface area contributed by atoms with Crippen LogP contribution in [0.4, 0.5) is 11.5 Å². The van der Waals surface area contributed by atoms with Crippen LogP contribution in [-0.2, 0) is 0 Å². The second-order valence-corrected chi connectivity index (χ2v) is 5.52. The SMILES string of the molecule is Nc1c2c(cc(=O)n1-c1cc([N+](=O)[O-])ccc1Br)C(=O)NC2=O. The first-order chi connectivity index (χ1) is 10.8. The number of benzene rings is 1. The van der Waals surface area contributed by atoms with Crippen LogP contribution in [0.5, 0.6) is 0 Å². The second kappa shape index (κ2) is 5.02. The minimum absolute atomic E-state index is 0.0941. The Morgan fingerprint density at radius 1 is 1.17 bits per heavy atom. The molecule has 3 rings (SSSR count). The number of imide groups is 1. The Morgan fingerprint density at radius 3 is 2.52 bits per heavy atom. The third-order valence-corrected chi connectivity index (χ3v) is 4.01. The Kier molecular flexibility index (Phi) is 3.25. The number of nitrogens with two attached hydrogens (primary N) is 1. The number of nitro benzene ring substituents is 1. The fourth-order valence-corrected chi connectivity index (χ4v) is 2.74. The van der Waals surface area contributed by atoms with E-state index >= 15 is 0 Å². The van der Waals surface area contributed by atoms with Crippen LogP contribution in [0.15, 0.2) is 33.5 Å². The first kappa shape index (κ1) is 14.9. The standard InChI is InChI=1S/C13H7BrN4O5/c14-7-2-1-5(18(22)23)3-8(7)17-9(19)4-6-10(11(17)15)13(21)16-12(6)20/h1-4H,15H2,(H,16,20,21). The molecule has 1 aliphatic rings. The highest BCUT2D eigenvalue weighted by Gasteiger charge is 2.32. The molecule has 0 atom stereocenters. The van der Waals surface area contributed by atoms with Crippen LogP contribution in [0, 0.1) is 10.1 Å². The molecule has 0 saturated carbocycles. The van der Waals surface area contributed by atoms with Crippen molar-refractivity contribution in [2.24, 2.45) is 0 Å². The lowest BCUT2D eigenvalue weighted by atomic mass is 10.1. The molecule has 1 aromatic carbocycles. The Labute approximate surface area is 136 Å². The summed E-state index contributed by atoms with van der Waals surface area (Å²) in [6, 6.07) is 4.75. The number of fused-ring (bicyclic) bond motifs is 1. The molecule has 10 heteroatoms. The molecule has 0 bridgehead atoms. The summed E-state index contributed by atoms with van der Waals surface area (Å²) in [5.74, 6) is -1.70. The van der Waals surface area contributed by atoms with Gasteiger partial charge >= 0.3 is 0 Å². The number of anilines is 1. The maximum atomic E-state index is 12.3. The highest BCUT2D eigenvalue weighted by atomic mass is 79.9. The molecule has 1 aromatic heterocycles. The van der Waals surface area contributed by atoms with Gasteiger partial charge in [-0.1, -0.05) is 0 Å². The lowest BCUT2D eigenvalue weighted by molar-refractivity contribution is -0.384. The summed E-state index contributed by atoms with van der Waals surface area (Å²) in [7, 11) is 0. The Morgan fingerprint density at radius 2 is 1.87 bits per heavy atom. The molecule has 116 valence electrons. The Balaban J connectivity index is 2.35. The zero-order chi connectivity index (χ0) is 16.9. The number of carbonyl (C=O) groups is 2. The third-order valence-electron chi connectivity index (χ3n) is 3.33. The van der Waals surface area contributed by atoms with Crippen LogP contribution >= 0.6 is 15.9 Å². The van der Waals surface area contributed by atoms with E-state index in [2.05, 4.69) is 15.9 Å². The molecule has 23 heavy (non-hydrogen) atoms. The van der Waals surface area contributed by atoms with Crippen molar-refractivity contribution in [1.82, 2.24) is 9.88 Å². The van der Waals surface area contributed by atoms with Gasteiger partial charge in [-0.25, -0.2) is 0 Å². The maximum absolute atomic E-state index is 12.3. The van der Waals surface area contributed by atoms with E-state index in [1.807, 2.05) is 5.32 Å². The minimum atomic E-state index is -0.724. The molecular weight excluding hydrogens is 372 g/mol. The number of rotatable bonds is 2. The molecule has 2 amide bonds. The van der Waals surface area contributed by atoms with Crippen molar-refractivity contribution < 1.29 is 14.5 Å². The van der Waals surface area contributed by atoms with E-state index in [9.17, 15) is 24.5 Å². The number of pyridine rings is 1. The zero-order valence-corrected chi connectivity index (χ0v) is 12.8. The van der Waals surface area contributed by atoms with Gasteiger partial charge < -0.3 is 5.73 Å². The number of nitro groups is 1. The van der Waals surface area contributed by atoms with E-state index in [1.165, 1.54) is 12.1 Å². The summed E-state index contributed by atoms with van der Waals surface area (Å²) in [5, 5.41) is 13.0. The molecule has 1 aliphatic heterocycles. The predicted octanol–water partition coefficient (Wildman–Crippen LogP) is 0.974. The van der Waals surface area contributed by atoms with E-state index in [0.717, 1.165) is 16.7 Å². The average Bonchev–Trinajstić information content (AvgIpc) is 2.75. The van der Waals surface area contributed by atoms with Crippen LogP contribution in [0.2, 0.25) is 0 Å². The molecule has 0 spiro atoms. The van der Waals surface area contributed by atoms with E-state index in [4.69, 9.17) is 5.73 Å². The van der Waals surface area contributed by atoms with Crippen molar-refractivity contribution in [1.29, 1.82) is 0 Å². The van der Waals surface area contributed by atoms with Crippen molar-refractivity contribution in [2.75, 3.05) is 5.73 Å². The number of nitrogens with one attached hydrogen (secondary N) is 1. The first-order valence-corrected chi connectivity index (χ1v) is 6.96. The average molecular weight is 379 g/mol. The van der Waals surface area contributed by atoms with Gasteiger partial charge in [-0.05, 0) is 22.0 Å². The number of halogens is 1. The lowest BCUT2D eigenvalue weighted by Crippen LogP contribution is -2.24. The number of amides is 2. The van der Waals surface area contributed by atoms with Gasteiger partial charge in [0.2, 0.25) is 0 Å². The molecule has 0 unspecified atom stereocenters. The summed E-state index contributed by atoms with van der Waals surface area (Å²) in [4.78, 5) is 46.0. The number of nitrogen functional groups attached to an aromatic ring is 1. The fraction of sp³-hybridized carbons (Fsp3) is 0. The smallest absolute Gasteiger partial charge is 0.271 e. The first-order valence-electron chi connectivity index (χ1n) is 6.16. The number of carbonyl (C=O) groups excluding carboxylic acids is 2. The summed E-state index contributed by atoms with van der Waals surface area (Å²) >= 11 is 3.19. The number of non-ortho nitro benzene ring substituents is 1. The van der Waals surface area contributed by atoms with E-state index < -0.39 is 22.3 Å². The quantitative estimate of drug-likeness (QED) is 0.453. The molecule has 2 aromatic rings. The van der Waals surface area contributed by atoms with Gasteiger partial charge in [0.05, 0.1) is 21.7 Å². The highest BCUT2D eigenvalue weighted by molar-refractivity contribution is 9.10. The van der Waals surface area contributed by atoms with Gasteiger partial charge in [0.1, 0.15) is 5.82 Å². The number of aromatic nitrogens is 1. The maximum Gasteiger partial charge on any atom is 0.271 e. The normalized spacial score (nSPS) is 12.9. The van der Waals surface area contributed by atoms with Gasteiger partial charge in [-0.15, -0.1) is 0 Å². The van der Waals surface area contributed by atoms with E-state index in [0.29, 0.717) is 4.47 Å². The van der Waals surface area contributed by atoms with Gasteiger partial charge in [0.25, 0.3) is 23.1 Å². The predicted molar refractivity (Wildman–Crippen MR) is 82.6 cm³/mol. The molecule has 9 nitrogen and oxygen atoms in total. The lowest BCUT2D eigenvalue weighted by Gasteiger charge is -2.13. The monoisotopic (exact) mass is 378 g/mol. The fourth-order valence-electron chi connectivity index (χ4n) is 2.31. The summed E-state index contributed by atoms with van der Waals surface area (Å²) in [5.41, 5.74) is 4.78. The number of nitrogens with zero attached hydrogens (tertiary/aromatic N) is 2. The number of hydrogen-bond donors (Lipinski definition) is 2. The summed E-state index contributed by atoms with van der Waals surface area (Å²) < 4.78 is 1.30. The molecular formula is C13H7BrN4O5. The molecule has 0 aliphatic carbocycles. The van der Waals surface area contributed by atoms with Gasteiger partial charge in [0.15, 0.2) is 0 Å². The zero-order valence-electron chi connectivity index (χ0n) is 11.2. The highest BCUT2D eigenvalue weighted by Crippen LogP contribution is 2.29. The summed E-state index contributed by atoms with van der Waals surface area (Å²) in [6.07, 6.45) is 0. The van der Waals surface area contributed by atoms with Crippen LogP contribution in [0.3, 0.4) is 0 Å². The Bertz CT molecular complexity index is 966. The molecule has 2 heterocycles. The van der Waals surface area contributed by atoms with Crippen molar-refractivity contribution >= 4 is 39.2 Å². The molecule has 0 fully saturated rings. The van der Waals surface area contributed by atoms with Gasteiger partial charge in [-0.3, -0.25) is 34.4 Å². The molecule has 0 radical (unpaired) electrons. The Hall–Kier alpha value is -3.01. The topological polar surface area (TPSA) is 137 Å². The van der Waals surface area contributed by atoms with Gasteiger partial charge in [0, 0.05) is 22.7 Å². The van der Waals surface area contributed by atoms with Crippen LogP contribution < -0.4 is 16.6 Å². The van der Waals surface area contributed by atoms with Crippen molar-refractivity contribution in [3.05, 3.63) is 60.3 Å². The molecule has 3 N–H and O–H groups in total. The minimum Gasteiger partial charge on any atom is -0.384 e.